The number of benzene rings is 1. The summed E-state index contributed by atoms with van der Waals surface area (Å²) in [5.74, 6) is 1.17. The monoisotopic (exact) mass is 247 g/mol. The summed E-state index contributed by atoms with van der Waals surface area (Å²) in [6.07, 6.45) is 0. The molecule has 1 aromatic carbocycles. The molecule has 18 heavy (non-hydrogen) atoms. The fourth-order valence-corrected chi connectivity index (χ4v) is 2.26. The number of imidazole rings is 1. The van der Waals surface area contributed by atoms with E-state index in [4.69, 9.17) is 5.73 Å². The van der Waals surface area contributed by atoms with Crippen molar-refractivity contribution in [2.75, 3.05) is 5.73 Å². The Balaban J connectivity index is 2.65. The van der Waals surface area contributed by atoms with Gasteiger partial charge in [0.15, 0.2) is 0 Å². The van der Waals surface area contributed by atoms with E-state index in [1.165, 1.54) is 12.1 Å². The van der Waals surface area contributed by atoms with Crippen LogP contribution in [0.25, 0.3) is 11.3 Å². The van der Waals surface area contributed by atoms with Crippen LogP contribution in [0.5, 0.6) is 0 Å². The Hall–Kier alpha value is -1.84. The summed E-state index contributed by atoms with van der Waals surface area (Å²) in [7, 11) is 0. The predicted molar refractivity (Wildman–Crippen MR) is 71.9 cm³/mol. The van der Waals surface area contributed by atoms with Crippen molar-refractivity contribution in [3.05, 3.63) is 35.4 Å². The van der Waals surface area contributed by atoms with Gasteiger partial charge in [0.2, 0.25) is 0 Å². The Labute approximate surface area is 106 Å². The van der Waals surface area contributed by atoms with Gasteiger partial charge in [0.1, 0.15) is 23.2 Å². The molecule has 4 heteroatoms. The number of nitrogen functional groups attached to an aromatic ring is 1. The molecule has 0 amide bonds. The number of halogens is 1. The highest BCUT2D eigenvalue weighted by Gasteiger charge is 2.17. The predicted octanol–water partition coefficient (Wildman–Crippen LogP) is 3.47. The summed E-state index contributed by atoms with van der Waals surface area (Å²) in [4.78, 5) is 4.47. The van der Waals surface area contributed by atoms with Crippen LogP contribution >= 0.6 is 0 Å². The average molecular weight is 247 g/mol. The van der Waals surface area contributed by atoms with Crippen LogP contribution in [0.2, 0.25) is 0 Å². The van der Waals surface area contributed by atoms with Gasteiger partial charge < -0.3 is 10.3 Å². The Kier molecular flexibility index (Phi) is 3.11. The van der Waals surface area contributed by atoms with Gasteiger partial charge in [-0.05, 0) is 45.4 Å². The van der Waals surface area contributed by atoms with Crippen LogP contribution in [0.4, 0.5) is 10.2 Å². The van der Waals surface area contributed by atoms with Gasteiger partial charge in [0.25, 0.3) is 0 Å². The molecule has 2 rings (SSSR count). The van der Waals surface area contributed by atoms with E-state index in [1.807, 2.05) is 32.3 Å². The molecular formula is C14H18FN3. The Bertz CT molecular complexity index is 585. The SMILES string of the molecule is Cc1ccc(F)cc1-c1nc(C)n(C(C)C)c1N. The first-order valence-electron chi connectivity index (χ1n) is 6.02. The lowest BCUT2D eigenvalue weighted by Gasteiger charge is -2.11. The zero-order chi connectivity index (χ0) is 13.4. The zero-order valence-corrected chi connectivity index (χ0v) is 11.2. The first-order chi connectivity index (χ1) is 8.41. The summed E-state index contributed by atoms with van der Waals surface area (Å²) >= 11 is 0. The Morgan fingerprint density at radius 3 is 2.50 bits per heavy atom. The third-order valence-electron chi connectivity index (χ3n) is 3.10. The minimum Gasteiger partial charge on any atom is -0.383 e. The smallest absolute Gasteiger partial charge is 0.131 e. The van der Waals surface area contributed by atoms with Crippen molar-refractivity contribution in [1.82, 2.24) is 9.55 Å². The molecule has 0 radical (unpaired) electrons. The lowest BCUT2D eigenvalue weighted by molar-refractivity contribution is 0.590. The van der Waals surface area contributed by atoms with Crippen molar-refractivity contribution < 1.29 is 4.39 Å². The second-order valence-electron chi connectivity index (χ2n) is 4.82. The first kappa shape index (κ1) is 12.6. The average Bonchev–Trinajstić information content (AvgIpc) is 2.57. The van der Waals surface area contributed by atoms with E-state index in [1.54, 1.807) is 6.07 Å². The third-order valence-corrected chi connectivity index (χ3v) is 3.10. The molecule has 0 aliphatic rings. The second kappa shape index (κ2) is 4.44. The number of nitrogens with zero attached hydrogens (tertiary/aromatic N) is 2. The highest BCUT2D eigenvalue weighted by molar-refractivity contribution is 5.73. The maximum Gasteiger partial charge on any atom is 0.131 e. The zero-order valence-electron chi connectivity index (χ0n) is 11.2. The molecule has 0 aliphatic heterocycles. The van der Waals surface area contributed by atoms with Gasteiger partial charge >= 0.3 is 0 Å². The second-order valence-corrected chi connectivity index (χ2v) is 4.82. The molecule has 0 saturated heterocycles. The molecule has 0 bridgehead atoms. The Morgan fingerprint density at radius 1 is 1.28 bits per heavy atom. The molecule has 0 atom stereocenters. The minimum atomic E-state index is -0.272. The van der Waals surface area contributed by atoms with Crippen molar-refractivity contribution in [1.29, 1.82) is 0 Å². The fourth-order valence-electron chi connectivity index (χ4n) is 2.26. The van der Waals surface area contributed by atoms with Crippen LogP contribution in [0.3, 0.4) is 0 Å². The molecule has 2 N–H and O–H groups in total. The van der Waals surface area contributed by atoms with E-state index in [0.717, 1.165) is 17.0 Å². The number of hydrogen-bond acceptors (Lipinski definition) is 2. The van der Waals surface area contributed by atoms with Gasteiger partial charge in [-0.15, -0.1) is 0 Å². The minimum absolute atomic E-state index is 0.236. The largest absolute Gasteiger partial charge is 0.383 e. The van der Waals surface area contributed by atoms with Gasteiger partial charge in [-0.2, -0.15) is 0 Å². The summed E-state index contributed by atoms with van der Waals surface area (Å²) in [6.45, 7) is 7.94. The van der Waals surface area contributed by atoms with E-state index in [9.17, 15) is 4.39 Å². The Morgan fingerprint density at radius 2 is 1.94 bits per heavy atom. The van der Waals surface area contributed by atoms with Crippen LogP contribution in [0.1, 0.15) is 31.3 Å². The van der Waals surface area contributed by atoms with Crippen molar-refractivity contribution in [2.45, 2.75) is 33.7 Å². The summed E-state index contributed by atoms with van der Waals surface area (Å²) in [5.41, 5.74) is 8.53. The molecular weight excluding hydrogens is 229 g/mol. The van der Waals surface area contributed by atoms with E-state index in [-0.39, 0.29) is 11.9 Å². The fraction of sp³-hybridized carbons (Fsp3) is 0.357. The third kappa shape index (κ3) is 1.98. The maximum absolute atomic E-state index is 13.4. The molecule has 0 fully saturated rings. The van der Waals surface area contributed by atoms with Gasteiger partial charge in [0, 0.05) is 11.6 Å². The molecule has 0 spiro atoms. The molecule has 0 saturated carbocycles. The van der Waals surface area contributed by atoms with Crippen LogP contribution in [-0.2, 0) is 0 Å². The maximum atomic E-state index is 13.4. The van der Waals surface area contributed by atoms with Crippen LogP contribution in [-0.4, -0.2) is 9.55 Å². The molecule has 0 unspecified atom stereocenters. The summed E-state index contributed by atoms with van der Waals surface area (Å²) in [6, 6.07) is 4.91. The van der Waals surface area contributed by atoms with Gasteiger partial charge in [0.05, 0.1) is 0 Å². The molecule has 2 aromatic rings. The van der Waals surface area contributed by atoms with E-state index in [2.05, 4.69) is 4.98 Å². The van der Waals surface area contributed by atoms with E-state index >= 15 is 0 Å². The molecule has 96 valence electrons. The van der Waals surface area contributed by atoms with Gasteiger partial charge in [-0.25, -0.2) is 9.37 Å². The van der Waals surface area contributed by atoms with E-state index in [0.29, 0.717) is 11.5 Å². The van der Waals surface area contributed by atoms with Crippen molar-refractivity contribution in [2.24, 2.45) is 0 Å². The van der Waals surface area contributed by atoms with Crippen LogP contribution in [0.15, 0.2) is 18.2 Å². The van der Waals surface area contributed by atoms with Gasteiger partial charge in [-0.3, -0.25) is 0 Å². The summed E-state index contributed by atoms with van der Waals surface area (Å²) < 4.78 is 15.3. The topological polar surface area (TPSA) is 43.8 Å². The van der Waals surface area contributed by atoms with Crippen LogP contribution < -0.4 is 5.73 Å². The number of anilines is 1. The molecule has 0 aliphatic carbocycles. The molecule has 1 heterocycles. The number of aryl methyl sites for hydroxylation is 2. The van der Waals surface area contributed by atoms with Gasteiger partial charge in [-0.1, -0.05) is 6.07 Å². The molecule has 1 aromatic heterocycles. The quantitative estimate of drug-likeness (QED) is 0.883. The van der Waals surface area contributed by atoms with Crippen LogP contribution in [0, 0.1) is 19.7 Å². The summed E-state index contributed by atoms with van der Waals surface area (Å²) in [5, 5.41) is 0. The van der Waals surface area contributed by atoms with Crippen molar-refractivity contribution in [3.8, 4) is 11.3 Å². The number of hydrogen-bond donors (Lipinski definition) is 1. The standard InChI is InChI=1S/C14H18FN3/c1-8(2)18-10(4)17-13(14(18)16)12-7-11(15)6-5-9(12)3/h5-8H,16H2,1-4H3. The lowest BCUT2D eigenvalue weighted by Crippen LogP contribution is -2.07. The number of nitrogens with two attached hydrogens (primary N) is 1. The highest BCUT2D eigenvalue weighted by atomic mass is 19.1. The number of rotatable bonds is 2. The van der Waals surface area contributed by atoms with Crippen molar-refractivity contribution >= 4 is 5.82 Å². The normalized spacial score (nSPS) is 11.2. The lowest BCUT2D eigenvalue weighted by atomic mass is 10.1. The van der Waals surface area contributed by atoms with E-state index < -0.39 is 0 Å². The number of aromatic nitrogens is 2. The molecule has 3 nitrogen and oxygen atoms in total. The van der Waals surface area contributed by atoms with Crippen molar-refractivity contribution in [3.63, 3.8) is 0 Å². The highest BCUT2D eigenvalue weighted by Crippen LogP contribution is 2.31. The first-order valence-corrected chi connectivity index (χ1v) is 6.02.